The summed E-state index contributed by atoms with van der Waals surface area (Å²) in [6.07, 6.45) is 7.94. The monoisotopic (exact) mass is 334 g/mol. The van der Waals surface area contributed by atoms with Crippen LogP contribution < -0.4 is 10.6 Å². The Bertz CT molecular complexity index is 935. The highest BCUT2D eigenvalue weighted by atomic mass is 15.1. The number of hydrogen-bond acceptors (Lipinski definition) is 3. The molecule has 0 fully saturated rings. The van der Waals surface area contributed by atoms with Crippen molar-refractivity contribution in [3.05, 3.63) is 45.7 Å². The fourth-order valence-corrected chi connectivity index (χ4v) is 3.93. The van der Waals surface area contributed by atoms with Gasteiger partial charge in [-0.25, -0.2) is 0 Å². The van der Waals surface area contributed by atoms with Gasteiger partial charge in [0.05, 0.1) is 28.5 Å². The average molecular weight is 334 g/mol. The zero-order chi connectivity index (χ0) is 17.4. The summed E-state index contributed by atoms with van der Waals surface area (Å²) in [6.45, 7) is 6.56. The molecule has 0 bridgehead atoms. The molecule has 2 aliphatic rings. The highest BCUT2D eigenvalue weighted by Crippen LogP contribution is 2.30. The van der Waals surface area contributed by atoms with Gasteiger partial charge >= 0.3 is 0 Å². The number of nitrogens with one attached hydrogen (secondary N) is 1. The van der Waals surface area contributed by atoms with Gasteiger partial charge in [-0.3, -0.25) is 15.1 Å². The molecule has 130 valence electrons. The van der Waals surface area contributed by atoms with Crippen LogP contribution in [0.3, 0.4) is 0 Å². The van der Waals surface area contributed by atoms with E-state index >= 15 is 0 Å². The Morgan fingerprint density at radius 3 is 3.00 bits per heavy atom. The van der Waals surface area contributed by atoms with Crippen LogP contribution in [0.25, 0.3) is 6.08 Å². The number of aromatic nitrogens is 2. The Morgan fingerprint density at radius 1 is 1.28 bits per heavy atom. The van der Waals surface area contributed by atoms with E-state index in [9.17, 15) is 0 Å². The minimum atomic E-state index is 0.322. The van der Waals surface area contributed by atoms with Gasteiger partial charge < -0.3 is 0 Å². The normalized spacial score (nSPS) is 24.0. The Labute approximate surface area is 148 Å². The molecule has 2 heterocycles. The zero-order valence-corrected chi connectivity index (χ0v) is 15.3. The Morgan fingerprint density at radius 2 is 2.16 bits per heavy atom. The molecule has 4 heteroatoms. The van der Waals surface area contributed by atoms with Crippen molar-refractivity contribution in [1.82, 2.24) is 10.2 Å². The summed E-state index contributed by atoms with van der Waals surface area (Å²) in [4.78, 5) is 9.82. The molecule has 1 aliphatic carbocycles. The van der Waals surface area contributed by atoms with E-state index in [1.165, 1.54) is 41.5 Å². The number of aryl methyl sites for hydroxylation is 1. The molecule has 4 rings (SSSR count). The van der Waals surface area contributed by atoms with E-state index in [1.807, 2.05) is 0 Å². The SMILES string of the molecule is CCC1C=c2ccc(N=C3CCCCC(C)c4n[nH]c(C)c43)cc2=N1. The van der Waals surface area contributed by atoms with Gasteiger partial charge in [-0.05, 0) is 50.0 Å². The molecule has 1 aromatic heterocycles. The van der Waals surface area contributed by atoms with Crippen molar-refractivity contribution in [3.63, 3.8) is 0 Å². The molecule has 0 radical (unpaired) electrons. The molecule has 2 unspecified atom stereocenters. The maximum atomic E-state index is 5.04. The third kappa shape index (κ3) is 3.06. The molecular weight excluding hydrogens is 308 g/mol. The zero-order valence-electron chi connectivity index (χ0n) is 15.3. The number of aliphatic imine (C=N–C) groups is 1. The van der Waals surface area contributed by atoms with E-state index in [-0.39, 0.29) is 0 Å². The minimum Gasteiger partial charge on any atom is -0.282 e. The maximum absolute atomic E-state index is 5.04. The smallest absolute Gasteiger partial charge is 0.0743 e. The second-order valence-corrected chi connectivity index (χ2v) is 7.33. The summed E-state index contributed by atoms with van der Waals surface area (Å²) in [5, 5.41) is 10.1. The van der Waals surface area contributed by atoms with Crippen LogP contribution in [-0.4, -0.2) is 22.0 Å². The fourth-order valence-electron chi connectivity index (χ4n) is 3.93. The number of H-pyrrole nitrogens is 1. The molecule has 1 N–H and O–H groups in total. The molecule has 1 aliphatic heterocycles. The number of fused-ring (bicyclic) bond motifs is 2. The summed E-state index contributed by atoms with van der Waals surface area (Å²) in [6, 6.07) is 6.73. The molecule has 1 aromatic carbocycles. The third-order valence-electron chi connectivity index (χ3n) is 5.40. The largest absolute Gasteiger partial charge is 0.282 e. The van der Waals surface area contributed by atoms with Crippen molar-refractivity contribution in [1.29, 1.82) is 0 Å². The molecule has 0 saturated heterocycles. The molecule has 25 heavy (non-hydrogen) atoms. The molecule has 0 spiro atoms. The number of aromatic amines is 1. The second kappa shape index (κ2) is 6.58. The number of nitrogens with zero attached hydrogens (tertiary/aromatic N) is 3. The van der Waals surface area contributed by atoms with Gasteiger partial charge in [-0.2, -0.15) is 5.10 Å². The standard InChI is InChI=1S/C21H26N4/c1-4-16-11-15-9-10-17(12-19(15)22-16)23-18-8-6-5-7-13(2)21-20(18)14(3)24-25-21/h9-13,16H,4-8H2,1-3H3,(H,24,25). The maximum Gasteiger partial charge on any atom is 0.0743 e. The number of benzene rings is 1. The topological polar surface area (TPSA) is 53.4 Å². The van der Waals surface area contributed by atoms with Crippen LogP contribution in [0.1, 0.15) is 68.8 Å². The van der Waals surface area contributed by atoms with Gasteiger partial charge in [0.1, 0.15) is 0 Å². The van der Waals surface area contributed by atoms with Crippen LogP contribution in [0.4, 0.5) is 5.69 Å². The van der Waals surface area contributed by atoms with Gasteiger partial charge in [0, 0.05) is 17.2 Å². The molecule has 0 saturated carbocycles. The summed E-state index contributed by atoms with van der Waals surface area (Å²) < 4.78 is 0. The van der Waals surface area contributed by atoms with Gasteiger partial charge in [-0.15, -0.1) is 0 Å². The van der Waals surface area contributed by atoms with E-state index in [4.69, 9.17) is 9.98 Å². The Kier molecular flexibility index (Phi) is 4.28. The van der Waals surface area contributed by atoms with Crippen molar-refractivity contribution in [3.8, 4) is 0 Å². The first-order chi connectivity index (χ1) is 12.2. The summed E-state index contributed by atoms with van der Waals surface area (Å²) in [5.41, 5.74) is 5.72. The van der Waals surface area contributed by atoms with Crippen molar-refractivity contribution >= 4 is 17.5 Å². The lowest BCUT2D eigenvalue weighted by Crippen LogP contribution is -2.20. The highest BCUT2D eigenvalue weighted by Gasteiger charge is 2.23. The van der Waals surface area contributed by atoms with Crippen molar-refractivity contribution in [2.75, 3.05) is 0 Å². The van der Waals surface area contributed by atoms with E-state index in [0.717, 1.165) is 29.6 Å². The molecule has 2 atom stereocenters. The lowest BCUT2D eigenvalue weighted by atomic mass is 9.89. The molecule has 4 nitrogen and oxygen atoms in total. The van der Waals surface area contributed by atoms with Crippen LogP contribution in [0.2, 0.25) is 0 Å². The van der Waals surface area contributed by atoms with Gasteiger partial charge in [0.15, 0.2) is 0 Å². The molecular formula is C21H26N4. The van der Waals surface area contributed by atoms with Gasteiger partial charge in [-0.1, -0.05) is 32.4 Å². The first-order valence-electron chi connectivity index (χ1n) is 9.48. The average Bonchev–Trinajstić information content (AvgIpc) is 3.18. The summed E-state index contributed by atoms with van der Waals surface area (Å²) in [5.74, 6) is 0.486. The number of rotatable bonds is 2. The van der Waals surface area contributed by atoms with Crippen LogP contribution in [-0.2, 0) is 0 Å². The van der Waals surface area contributed by atoms with E-state index in [1.54, 1.807) is 0 Å². The Hall–Kier alpha value is -2.23. The van der Waals surface area contributed by atoms with Crippen molar-refractivity contribution in [2.45, 2.75) is 64.8 Å². The van der Waals surface area contributed by atoms with E-state index in [0.29, 0.717) is 12.0 Å². The lowest BCUT2D eigenvalue weighted by molar-refractivity contribution is 0.592. The summed E-state index contributed by atoms with van der Waals surface area (Å²) >= 11 is 0. The van der Waals surface area contributed by atoms with Crippen LogP contribution in [0.15, 0.2) is 28.2 Å². The second-order valence-electron chi connectivity index (χ2n) is 7.33. The van der Waals surface area contributed by atoms with Crippen molar-refractivity contribution < 1.29 is 0 Å². The predicted octanol–water partition coefficient (Wildman–Crippen LogP) is 3.71. The first-order valence-corrected chi connectivity index (χ1v) is 9.48. The lowest BCUT2D eigenvalue weighted by Gasteiger charge is -2.17. The first kappa shape index (κ1) is 16.2. The minimum absolute atomic E-state index is 0.322. The third-order valence-corrected chi connectivity index (χ3v) is 5.40. The highest BCUT2D eigenvalue weighted by molar-refractivity contribution is 6.04. The van der Waals surface area contributed by atoms with Gasteiger partial charge in [0.25, 0.3) is 0 Å². The molecule has 0 amide bonds. The molecule has 2 aromatic rings. The van der Waals surface area contributed by atoms with E-state index in [2.05, 4.69) is 55.2 Å². The van der Waals surface area contributed by atoms with Crippen LogP contribution in [0.5, 0.6) is 0 Å². The van der Waals surface area contributed by atoms with Crippen LogP contribution >= 0.6 is 0 Å². The Balaban J connectivity index is 1.78. The quantitative estimate of drug-likeness (QED) is 0.894. The van der Waals surface area contributed by atoms with Crippen LogP contribution in [0, 0.1) is 6.92 Å². The van der Waals surface area contributed by atoms with Gasteiger partial charge in [0.2, 0.25) is 0 Å². The van der Waals surface area contributed by atoms with E-state index < -0.39 is 0 Å². The number of hydrogen-bond donors (Lipinski definition) is 1. The van der Waals surface area contributed by atoms with Crippen molar-refractivity contribution in [2.24, 2.45) is 9.98 Å². The summed E-state index contributed by atoms with van der Waals surface area (Å²) in [7, 11) is 0. The predicted molar refractivity (Wildman–Crippen MR) is 102 cm³/mol. The fraction of sp³-hybridized carbons (Fsp3) is 0.476.